The maximum Gasteiger partial charge on any atom is 0.0791 e. The second-order valence-corrected chi connectivity index (χ2v) is 6.29. The molecule has 3 atom stereocenters. The predicted molar refractivity (Wildman–Crippen MR) is 75.7 cm³/mol. The number of hydrogen-bond acceptors (Lipinski definition) is 3. The molecule has 3 heteroatoms. The molecule has 1 saturated heterocycles. The van der Waals surface area contributed by atoms with Gasteiger partial charge in [-0.25, -0.2) is 0 Å². The molecule has 0 aromatic heterocycles. The van der Waals surface area contributed by atoms with Crippen molar-refractivity contribution in [1.29, 1.82) is 0 Å². The van der Waals surface area contributed by atoms with Gasteiger partial charge in [0.15, 0.2) is 0 Å². The van der Waals surface area contributed by atoms with Crippen LogP contribution in [0.15, 0.2) is 0 Å². The molecular formula is C15H30N2O. The van der Waals surface area contributed by atoms with Crippen molar-refractivity contribution in [3.63, 3.8) is 0 Å². The van der Waals surface area contributed by atoms with Crippen LogP contribution in [0.5, 0.6) is 0 Å². The Balaban J connectivity index is 1.65. The van der Waals surface area contributed by atoms with E-state index in [9.17, 15) is 5.11 Å². The molecule has 3 unspecified atom stereocenters. The quantitative estimate of drug-likeness (QED) is 0.737. The number of nitrogens with zero attached hydrogens (tertiary/aromatic N) is 1. The first kappa shape index (κ1) is 14.3. The number of nitrogens with one attached hydrogen (secondary N) is 1. The molecule has 0 radical (unpaired) electrons. The molecule has 0 amide bonds. The van der Waals surface area contributed by atoms with Gasteiger partial charge in [0.2, 0.25) is 0 Å². The topological polar surface area (TPSA) is 35.5 Å². The Morgan fingerprint density at radius 1 is 1.11 bits per heavy atom. The number of aliphatic hydroxyl groups excluding tert-OH is 1. The maximum atomic E-state index is 10.1. The molecule has 2 N–H and O–H groups in total. The molecule has 0 aromatic carbocycles. The summed E-state index contributed by atoms with van der Waals surface area (Å²) in [4.78, 5) is 2.39. The van der Waals surface area contributed by atoms with Gasteiger partial charge in [0.1, 0.15) is 0 Å². The summed E-state index contributed by atoms with van der Waals surface area (Å²) in [5.74, 6) is 0.770. The van der Waals surface area contributed by atoms with Gasteiger partial charge < -0.3 is 15.3 Å². The van der Waals surface area contributed by atoms with Crippen molar-refractivity contribution in [3.05, 3.63) is 0 Å². The van der Waals surface area contributed by atoms with Gasteiger partial charge in [-0.05, 0) is 44.7 Å². The van der Waals surface area contributed by atoms with Gasteiger partial charge in [-0.15, -0.1) is 0 Å². The molecule has 0 bridgehead atoms. The van der Waals surface area contributed by atoms with Gasteiger partial charge in [0.05, 0.1) is 6.10 Å². The first-order valence-corrected chi connectivity index (χ1v) is 7.89. The van der Waals surface area contributed by atoms with E-state index in [1.165, 1.54) is 58.0 Å². The summed E-state index contributed by atoms with van der Waals surface area (Å²) >= 11 is 0. The number of aliphatic hydroxyl groups is 1. The largest absolute Gasteiger partial charge is 0.390 e. The van der Waals surface area contributed by atoms with E-state index in [1.54, 1.807) is 0 Å². The van der Waals surface area contributed by atoms with E-state index < -0.39 is 0 Å². The third-order valence-corrected chi connectivity index (χ3v) is 4.64. The molecule has 1 heterocycles. The Hall–Kier alpha value is -0.120. The summed E-state index contributed by atoms with van der Waals surface area (Å²) in [6.45, 7) is 6.34. The fraction of sp³-hybridized carbons (Fsp3) is 1.00. The van der Waals surface area contributed by atoms with Crippen LogP contribution in [0.1, 0.15) is 51.9 Å². The first-order valence-electron chi connectivity index (χ1n) is 7.89. The summed E-state index contributed by atoms with van der Waals surface area (Å²) < 4.78 is 0. The second kappa shape index (κ2) is 7.46. The van der Waals surface area contributed by atoms with Gasteiger partial charge in [-0.1, -0.05) is 26.2 Å². The number of likely N-dealkylation sites (tertiary alicyclic amines) is 1. The van der Waals surface area contributed by atoms with Crippen molar-refractivity contribution in [3.8, 4) is 0 Å². The minimum Gasteiger partial charge on any atom is -0.390 e. The average Bonchev–Trinajstić information content (AvgIpc) is 2.76. The molecule has 1 aliphatic heterocycles. The number of hydrogen-bond donors (Lipinski definition) is 2. The van der Waals surface area contributed by atoms with Gasteiger partial charge in [0, 0.05) is 19.1 Å². The normalized spacial score (nSPS) is 32.3. The molecule has 106 valence electrons. The van der Waals surface area contributed by atoms with Gasteiger partial charge in [0.25, 0.3) is 0 Å². The molecule has 2 rings (SSSR count). The van der Waals surface area contributed by atoms with Crippen LogP contribution in [0.25, 0.3) is 0 Å². The highest BCUT2D eigenvalue weighted by Crippen LogP contribution is 2.22. The molecule has 0 spiro atoms. The van der Waals surface area contributed by atoms with E-state index >= 15 is 0 Å². The highest BCUT2D eigenvalue weighted by Gasteiger charge is 2.21. The number of rotatable bonds is 5. The van der Waals surface area contributed by atoms with Crippen LogP contribution in [-0.2, 0) is 0 Å². The fourth-order valence-electron chi connectivity index (χ4n) is 3.41. The van der Waals surface area contributed by atoms with Crippen molar-refractivity contribution < 1.29 is 5.11 Å². The van der Waals surface area contributed by atoms with Crippen LogP contribution in [0, 0.1) is 5.92 Å². The Kier molecular flexibility index (Phi) is 5.93. The zero-order valence-corrected chi connectivity index (χ0v) is 11.9. The van der Waals surface area contributed by atoms with E-state index in [4.69, 9.17) is 0 Å². The van der Waals surface area contributed by atoms with E-state index in [-0.39, 0.29) is 6.10 Å². The zero-order valence-electron chi connectivity index (χ0n) is 11.9. The van der Waals surface area contributed by atoms with Crippen LogP contribution in [0.4, 0.5) is 0 Å². The van der Waals surface area contributed by atoms with E-state index in [0.29, 0.717) is 6.04 Å². The van der Waals surface area contributed by atoms with Crippen LogP contribution in [0.2, 0.25) is 0 Å². The minimum absolute atomic E-state index is 0.196. The summed E-state index contributed by atoms with van der Waals surface area (Å²) in [5.41, 5.74) is 0. The van der Waals surface area contributed by atoms with Crippen molar-refractivity contribution in [2.45, 2.75) is 64.0 Å². The second-order valence-electron chi connectivity index (χ2n) is 6.29. The molecule has 2 aliphatic rings. The Morgan fingerprint density at radius 2 is 1.83 bits per heavy atom. The van der Waals surface area contributed by atoms with Crippen molar-refractivity contribution in [1.82, 2.24) is 10.2 Å². The summed E-state index contributed by atoms with van der Waals surface area (Å²) in [5, 5.41) is 13.7. The van der Waals surface area contributed by atoms with Gasteiger partial charge in [-0.3, -0.25) is 0 Å². The standard InChI is InChI=1S/C15H30N2O/c1-13-7-3-2-4-8-15(13)16-11-14(18)12-17-9-5-6-10-17/h13-16,18H,2-12H2,1H3. The highest BCUT2D eigenvalue weighted by molar-refractivity contribution is 4.79. The van der Waals surface area contributed by atoms with Crippen molar-refractivity contribution in [2.24, 2.45) is 5.92 Å². The van der Waals surface area contributed by atoms with E-state index in [0.717, 1.165) is 19.0 Å². The van der Waals surface area contributed by atoms with E-state index in [1.807, 2.05) is 0 Å². The van der Waals surface area contributed by atoms with Gasteiger partial charge >= 0.3 is 0 Å². The molecule has 2 fully saturated rings. The monoisotopic (exact) mass is 254 g/mol. The highest BCUT2D eigenvalue weighted by atomic mass is 16.3. The molecule has 3 nitrogen and oxygen atoms in total. The van der Waals surface area contributed by atoms with Gasteiger partial charge in [-0.2, -0.15) is 0 Å². The van der Waals surface area contributed by atoms with E-state index in [2.05, 4.69) is 17.1 Å². The lowest BCUT2D eigenvalue weighted by molar-refractivity contribution is 0.117. The summed E-state index contributed by atoms with van der Waals surface area (Å²) in [6, 6.07) is 0.626. The first-order chi connectivity index (χ1) is 8.75. The van der Waals surface area contributed by atoms with Crippen LogP contribution in [0.3, 0.4) is 0 Å². The smallest absolute Gasteiger partial charge is 0.0791 e. The van der Waals surface area contributed by atoms with Crippen molar-refractivity contribution in [2.75, 3.05) is 26.2 Å². The molecule has 0 aromatic rings. The van der Waals surface area contributed by atoms with Crippen LogP contribution >= 0.6 is 0 Å². The average molecular weight is 254 g/mol. The third-order valence-electron chi connectivity index (χ3n) is 4.64. The Labute approximate surface area is 112 Å². The lowest BCUT2D eigenvalue weighted by Crippen LogP contribution is -2.43. The molecule has 18 heavy (non-hydrogen) atoms. The summed E-state index contributed by atoms with van der Waals surface area (Å²) in [6.07, 6.45) is 9.18. The molecule has 1 aliphatic carbocycles. The Bertz CT molecular complexity index is 229. The predicted octanol–water partition coefficient (Wildman–Crippen LogP) is 2.00. The molecular weight excluding hydrogens is 224 g/mol. The number of β-amino-alcohol motifs (C(OH)–C–C–N with tert-alkyl or cyclic N) is 1. The van der Waals surface area contributed by atoms with Crippen molar-refractivity contribution >= 4 is 0 Å². The summed E-state index contributed by atoms with van der Waals surface area (Å²) in [7, 11) is 0. The third kappa shape index (κ3) is 4.52. The fourth-order valence-corrected chi connectivity index (χ4v) is 3.41. The maximum absolute atomic E-state index is 10.1. The SMILES string of the molecule is CC1CCCCCC1NCC(O)CN1CCCC1. The van der Waals surface area contributed by atoms with Crippen LogP contribution in [-0.4, -0.2) is 48.3 Å². The lowest BCUT2D eigenvalue weighted by atomic mass is 9.97. The zero-order chi connectivity index (χ0) is 12.8. The van der Waals surface area contributed by atoms with Crippen LogP contribution < -0.4 is 5.32 Å². The molecule has 1 saturated carbocycles. The minimum atomic E-state index is -0.196. The Morgan fingerprint density at radius 3 is 2.61 bits per heavy atom. The lowest BCUT2D eigenvalue weighted by Gasteiger charge is -2.26.